The summed E-state index contributed by atoms with van der Waals surface area (Å²) in [6.07, 6.45) is -0.274. The van der Waals surface area contributed by atoms with Gasteiger partial charge in [-0.05, 0) is 32.9 Å². The van der Waals surface area contributed by atoms with Gasteiger partial charge in [0.05, 0.1) is 5.69 Å². The van der Waals surface area contributed by atoms with E-state index in [9.17, 15) is 21.6 Å². The van der Waals surface area contributed by atoms with E-state index < -0.39 is 15.5 Å². The fraction of sp³-hybridized carbons (Fsp3) is 0.278. The normalized spacial score (nSPS) is 12.9. The topological polar surface area (TPSA) is 67.8 Å². The molecule has 0 bridgehead atoms. The Kier molecular flexibility index (Phi) is 6.15. The van der Waals surface area contributed by atoms with E-state index >= 15 is 0 Å². The van der Waals surface area contributed by atoms with Gasteiger partial charge in [0, 0.05) is 11.1 Å². The number of nitrogens with zero attached hydrogens (tertiary/aromatic N) is 1. The van der Waals surface area contributed by atoms with Crippen molar-refractivity contribution in [3.05, 3.63) is 65.2 Å². The second-order valence-corrected chi connectivity index (χ2v) is 7.73. The van der Waals surface area contributed by atoms with E-state index in [1.807, 2.05) is 0 Å². The van der Waals surface area contributed by atoms with E-state index in [0.717, 1.165) is 0 Å². The first-order valence-corrected chi connectivity index (χ1v) is 9.49. The molecule has 146 valence electrons. The van der Waals surface area contributed by atoms with Crippen LogP contribution in [0.2, 0.25) is 0 Å². The molecule has 0 radical (unpaired) electrons. The van der Waals surface area contributed by atoms with Gasteiger partial charge in [0.2, 0.25) is 0 Å². The summed E-state index contributed by atoms with van der Waals surface area (Å²) in [6, 6.07) is 13.0. The van der Waals surface area contributed by atoms with Crippen LogP contribution in [0.15, 0.2) is 53.7 Å². The van der Waals surface area contributed by atoms with E-state index in [1.165, 1.54) is 12.1 Å². The monoisotopic (exact) mass is 400 g/mol. The van der Waals surface area contributed by atoms with Gasteiger partial charge in [0.25, 0.3) is 0 Å². The third-order valence-electron chi connectivity index (χ3n) is 3.38. The summed E-state index contributed by atoms with van der Waals surface area (Å²) >= 11 is 0. The number of aryl methyl sites for hydroxylation is 1. The minimum absolute atomic E-state index is 0.176. The number of sulfonamides is 1. The van der Waals surface area contributed by atoms with Gasteiger partial charge >= 0.3 is 15.5 Å². The van der Waals surface area contributed by atoms with E-state index in [4.69, 9.17) is 4.84 Å². The quantitative estimate of drug-likeness (QED) is 0.576. The van der Waals surface area contributed by atoms with Crippen LogP contribution in [0.25, 0.3) is 0 Å². The number of hydrogen-bond donors (Lipinski definition) is 1. The minimum atomic E-state index is -5.58. The lowest BCUT2D eigenvalue weighted by Gasteiger charge is -2.16. The number of hydrogen-bond acceptors (Lipinski definition) is 4. The van der Waals surface area contributed by atoms with Crippen molar-refractivity contribution < 1.29 is 26.4 Å². The van der Waals surface area contributed by atoms with Crippen LogP contribution in [-0.4, -0.2) is 25.7 Å². The van der Waals surface area contributed by atoms with Crippen LogP contribution in [0.5, 0.6) is 0 Å². The first kappa shape index (κ1) is 20.8. The number of rotatable bonds is 6. The fourth-order valence-corrected chi connectivity index (χ4v) is 2.74. The fourth-order valence-electron chi connectivity index (χ4n) is 2.16. The molecule has 0 atom stereocenters. The summed E-state index contributed by atoms with van der Waals surface area (Å²) in [5, 5.41) is 4.06. The number of anilines is 1. The SMILES string of the molecule is Cc1ccc(NS(=O)(=O)C(F)(F)F)c(/C(=N/OC(C)C)c2ccccc2)c1. The molecule has 0 unspecified atom stereocenters. The molecule has 2 rings (SSSR count). The van der Waals surface area contributed by atoms with E-state index in [-0.39, 0.29) is 23.1 Å². The Labute approximate surface area is 155 Å². The van der Waals surface area contributed by atoms with Crippen molar-refractivity contribution in [2.75, 3.05) is 4.72 Å². The second kappa shape index (κ2) is 7.99. The van der Waals surface area contributed by atoms with E-state index in [1.54, 1.807) is 61.9 Å². The predicted octanol–water partition coefficient (Wildman–Crippen LogP) is 4.43. The summed E-state index contributed by atoms with van der Waals surface area (Å²) in [7, 11) is -5.58. The Morgan fingerprint density at radius 2 is 1.74 bits per heavy atom. The van der Waals surface area contributed by atoms with Gasteiger partial charge in [-0.25, -0.2) is 0 Å². The molecule has 0 amide bonds. The standard InChI is InChI=1S/C18H19F3N2O3S/c1-12(2)26-22-17(14-7-5-4-6-8-14)15-11-13(3)9-10-16(15)23-27(24,25)18(19,20)21/h4-12,23H,1-3H3/b22-17+. The third kappa shape index (κ3) is 5.22. The van der Waals surface area contributed by atoms with Gasteiger partial charge in [-0.2, -0.15) is 21.6 Å². The van der Waals surface area contributed by atoms with Crippen molar-refractivity contribution >= 4 is 21.4 Å². The van der Waals surface area contributed by atoms with Crippen LogP contribution in [0, 0.1) is 6.92 Å². The molecule has 1 N–H and O–H groups in total. The number of halogens is 3. The zero-order valence-corrected chi connectivity index (χ0v) is 15.7. The van der Waals surface area contributed by atoms with Crippen LogP contribution in [0.1, 0.15) is 30.5 Å². The Bertz CT molecular complexity index is 925. The van der Waals surface area contributed by atoms with Crippen molar-refractivity contribution in [1.29, 1.82) is 0 Å². The molecule has 0 saturated carbocycles. The molecule has 2 aromatic carbocycles. The van der Waals surface area contributed by atoms with Crippen molar-refractivity contribution in [3.8, 4) is 0 Å². The molecule has 2 aromatic rings. The highest BCUT2D eigenvalue weighted by molar-refractivity contribution is 7.93. The lowest BCUT2D eigenvalue weighted by Crippen LogP contribution is -2.30. The molecule has 0 spiro atoms. The molecular formula is C18H19F3N2O3S. The minimum Gasteiger partial charge on any atom is -0.393 e. The number of nitrogens with one attached hydrogen (secondary N) is 1. The van der Waals surface area contributed by atoms with Crippen molar-refractivity contribution in [3.63, 3.8) is 0 Å². The molecule has 0 aromatic heterocycles. The van der Waals surface area contributed by atoms with Crippen LogP contribution in [0.4, 0.5) is 18.9 Å². The second-order valence-electron chi connectivity index (χ2n) is 6.06. The molecule has 0 fully saturated rings. The van der Waals surface area contributed by atoms with Gasteiger partial charge in [0.1, 0.15) is 11.8 Å². The Morgan fingerprint density at radius 1 is 1.11 bits per heavy atom. The van der Waals surface area contributed by atoms with Crippen molar-refractivity contribution in [1.82, 2.24) is 0 Å². The molecule has 0 heterocycles. The Morgan fingerprint density at radius 3 is 2.30 bits per heavy atom. The van der Waals surface area contributed by atoms with Crippen LogP contribution >= 0.6 is 0 Å². The first-order chi connectivity index (χ1) is 12.5. The van der Waals surface area contributed by atoms with Gasteiger partial charge in [-0.3, -0.25) is 4.72 Å². The largest absolute Gasteiger partial charge is 0.516 e. The average molecular weight is 400 g/mol. The molecule has 27 heavy (non-hydrogen) atoms. The van der Waals surface area contributed by atoms with Gasteiger partial charge in [0.15, 0.2) is 0 Å². The first-order valence-electron chi connectivity index (χ1n) is 8.00. The lowest BCUT2D eigenvalue weighted by atomic mass is 9.99. The average Bonchev–Trinajstić information content (AvgIpc) is 2.57. The summed E-state index contributed by atoms with van der Waals surface area (Å²) < 4.78 is 63.2. The molecule has 5 nitrogen and oxygen atoms in total. The highest BCUT2D eigenvalue weighted by Crippen LogP contribution is 2.29. The summed E-state index contributed by atoms with van der Waals surface area (Å²) in [6.45, 7) is 5.22. The molecule has 9 heteroatoms. The lowest BCUT2D eigenvalue weighted by molar-refractivity contribution is -0.0429. The Balaban J connectivity index is 2.62. The van der Waals surface area contributed by atoms with Gasteiger partial charge < -0.3 is 4.84 Å². The molecule has 0 aliphatic carbocycles. The number of alkyl halides is 3. The molecular weight excluding hydrogens is 381 g/mol. The predicted molar refractivity (Wildman–Crippen MR) is 98.1 cm³/mol. The van der Waals surface area contributed by atoms with E-state index in [2.05, 4.69) is 5.16 Å². The van der Waals surface area contributed by atoms with Crippen LogP contribution < -0.4 is 4.72 Å². The number of oxime groups is 1. The maximum absolute atomic E-state index is 12.8. The third-order valence-corrected chi connectivity index (χ3v) is 4.48. The van der Waals surface area contributed by atoms with Crippen molar-refractivity contribution in [2.45, 2.75) is 32.4 Å². The van der Waals surface area contributed by atoms with Gasteiger partial charge in [-0.1, -0.05) is 47.1 Å². The smallest absolute Gasteiger partial charge is 0.393 e. The summed E-state index contributed by atoms with van der Waals surface area (Å²) in [5.41, 5.74) is -4.01. The Hall–Kier alpha value is -2.55. The zero-order valence-electron chi connectivity index (χ0n) is 14.9. The highest BCUT2D eigenvalue weighted by Gasteiger charge is 2.46. The van der Waals surface area contributed by atoms with E-state index in [0.29, 0.717) is 11.1 Å². The van der Waals surface area contributed by atoms with Crippen LogP contribution in [-0.2, 0) is 14.9 Å². The van der Waals surface area contributed by atoms with Crippen LogP contribution in [0.3, 0.4) is 0 Å². The molecule has 0 aliphatic heterocycles. The number of benzene rings is 2. The highest BCUT2D eigenvalue weighted by atomic mass is 32.2. The van der Waals surface area contributed by atoms with Crippen molar-refractivity contribution in [2.24, 2.45) is 5.16 Å². The van der Waals surface area contributed by atoms with Gasteiger partial charge in [-0.15, -0.1) is 0 Å². The zero-order chi connectivity index (χ0) is 20.2. The summed E-state index contributed by atoms with van der Waals surface area (Å²) in [4.78, 5) is 5.29. The molecule has 0 saturated heterocycles. The maximum atomic E-state index is 12.8. The summed E-state index contributed by atoms with van der Waals surface area (Å²) in [5.74, 6) is 0. The molecule has 0 aliphatic rings. The maximum Gasteiger partial charge on any atom is 0.516 e.